The molecule has 0 aromatic heterocycles. The molecule has 0 heterocycles. The summed E-state index contributed by atoms with van der Waals surface area (Å²) in [6, 6.07) is 0. The molecule has 1 aliphatic carbocycles. The van der Waals surface area contributed by atoms with E-state index in [1.165, 1.54) is 24.2 Å². The van der Waals surface area contributed by atoms with Crippen molar-refractivity contribution in [3.8, 4) is 0 Å². The molecule has 0 radical (unpaired) electrons. The molecule has 1 atom stereocenters. The molecule has 1 fully saturated rings. The third kappa shape index (κ3) is 4.46. The molecule has 0 spiro atoms. The lowest BCUT2D eigenvalue weighted by atomic mass is 10.3. The molecule has 106 valence electrons. The molecule has 2 N–H and O–H groups in total. The van der Waals surface area contributed by atoms with E-state index >= 15 is 0 Å². The number of likely N-dealkylation sites (N-methyl/N-ethyl adjacent to an activating group) is 1. The van der Waals surface area contributed by atoms with Gasteiger partial charge in [0.1, 0.15) is 5.25 Å². The van der Waals surface area contributed by atoms with Gasteiger partial charge < -0.3 is 10.5 Å². The van der Waals surface area contributed by atoms with Crippen molar-refractivity contribution in [1.82, 2.24) is 4.31 Å². The van der Waals surface area contributed by atoms with Crippen LogP contribution in [-0.4, -0.2) is 49.8 Å². The molecule has 0 aromatic carbocycles. The van der Waals surface area contributed by atoms with Crippen LogP contribution in [0.1, 0.15) is 26.2 Å². The van der Waals surface area contributed by atoms with E-state index < -0.39 is 15.3 Å². The van der Waals surface area contributed by atoms with Crippen LogP contribution >= 0.6 is 12.2 Å². The van der Waals surface area contributed by atoms with E-state index in [2.05, 4.69) is 0 Å². The maximum atomic E-state index is 12.1. The van der Waals surface area contributed by atoms with E-state index in [0.717, 1.165) is 6.61 Å². The highest BCUT2D eigenvalue weighted by atomic mass is 32.2. The molecule has 1 unspecified atom stereocenters. The Kier molecular flexibility index (Phi) is 5.97. The van der Waals surface area contributed by atoms with Gasteiger partial charge in [0.05, 0.1) is 11.6 Å². The summed E-state index contributed by atoms with van der Waals surface area (Å²) in [5.74, 6) is 0.687. The van der Waals surface area contributed by atoms with E-state index in [0.29, 0.717) is 25.5 Å². The van der Waals surface area contributed by atoms with Gasteiger partial charge >= 0.3 is 0 Å². The number of sulfonamides is 1. The van der Waals surface area contributed by atoms with Gasteiger partial charge in [-0.05, 0) is 25.2 Å². The Balaban J connectivity index is 2.41. The molecule has 1 aliphatic rings. The minimum atomic E-state index is -3.45. The van der Waals surface area contributed by atoms with Crippen molar-refractivity contribution in [2.24, 2.45) is 11.7 Å². The van der Waals surface area contributed by atoms with Gasteiger partial charge in [0.2, 0.25) is 10.0 Å². The number of hydrogen-bond donors (Lipinski definition) is 1. The molecule has 0 aromatic rings. The minimum Gasteiger partial charge on any atom is -0.392 e. The van der Waals surface area contributed by atoms with Crippen molar-refractivity contribution in [3.05, 3.63) is 0 Å². The highest BCUT2D eigenvalue weighted by Crippen LogP contribution is 2.28. The Morgan fingerprint density at radius 1 is 1.56 bits per heavy atom. The van der Waals surface area contributed by atoms with Gasteiger partial charge in [-0.1, -0.05) is 19.1 Å². The van der Waals surface area contributed by atoms with Crippen molar-refractivity contribution in [2.45, 2.75) is 31.4 Å². The Bertz CT molecular complexity index is 380. The van der Waals surface area contributed by atoms with Crippen LogP contribution in [0.15, 0.2) is 0 Å². The van der Waals surface area contributed by atoms with Crippen molar-refractivity contribution >= 4 is 27.2 Å². The van der Waals surface area contributed by atoms with Crippen molar-refractivity contribution in [2.75, 3.05) is 26.8 Å². The predicted molar refractivity (Wildman–Crippen MR) is 76.0 cm³/mol. The lowest BCUT2D eigenvalue weighted by Crippen LogP contribution is -2.43. The topological polar surface area (TPSA) is 72.6 Å². The van der Waals surface area contributed by atoms with E-state index in [1.807, 2.05) is 0 Å². The van der Waals surface area contributed by atoms with E-state index in [9.17, 15) is 8.42 Å². The number of thiocarbonyl (C=S) groups is 1. The van der Waals surface area contributed by atoms with Gasteiger partial charge in [-0.3, -0.25) is 0 Å². The summed E-state index contributed by atoms with van der Waals surface area (Å²) in [6.07, 6.45) is 2.85. The van der Waals surface area contributed by atoms with Crippen LogP contribution in [0.25, 0.3) is 0 Å². The molecule has 18 heavy (non-hydrogen) atoms. The number of nitrogens with zero attached hydrogens (tertiary/aromatic N) is 1. The number of ether oxygens (including phenoxy) is 1. The van der Waals surface area contributed by atoms with Crippen LogP contribution in [-0.2, 0) is 14.8 Å². The van der Waals surface area contributed by atoms with Crippen molar-refractivity contribution < 1.29 is 13.2 Å². The zero-order valence-electron chi connectivity index (χ0n) is 11.0. The lowest BCUT2D eigenvalue weighted by Gasteiger charge is -2.22. The van der Waals surface area contributed by atoms with Crippen LogP contribution < -0.4 is 5.73 Å². The first-order valence-electron chi connectivity index (χ1n) is 6.21. The van der Waals surface area contributed by atoms with E-state index in [4.69, 9.17) is 22.7 Å². The SMILES string of the molecule is CCC(C(N)=S)S(=O)(=O)N(C)CCOCC1CC1. The summed E-state index contributed by atoms with van der Waals surface area (Å²) >= 11 is 4.80. The van der Waals surface area contributed by atoms with Gasteiger partial charge in [-0.25, -0.2) is 12.7 Å². The third-order valence-corrected chi connectivity index (χ3v) is 5.87. The zero-order valence-corrected chi connectivity index (χ0v) is 12.6. The summed E-state index contributed by atoms with van der Waals surface area (Å²) < 4.78 is 31.0. The molecule has 0 amide bonds. The molecule has 0 bridgehead atoms. The highest BCUT2D eigenvalue weighted by molar-refractivity contribution is 7.92. The van der Waals surface area contributed by atoms with Gasteiger partial charge in [0.25, 0.3) is 0 Å². The molecule has 5 nitrogen and oxygen atoms in total. The van der Waals surface area contributed by atoms with Crippen molar-refractivity contribution in [1.29, 1.82) is 0 Å². The third-order valence-electron chi connectivity index (χ3n) is 3.08. The molecule has 7 heteroatoms. The second kappa shape index (κ2) is 6.79. The van der Waals surface area contributed by atoms with Crippen LogP contribution in [0.3, 0.4) is 0 Å². The molecule has 1 saturated carbocycles. The quantitative estimate of drug-likeness (QED) is 0.501. The monoisotopic (exact) mass is 294 g/mol. The number of hydrogen-bond acceptors (Lipinski definition) is 4. The zero-order chi connectivity index (χ0) is 13.8. The maximum absolute atomic E-state index is 12.1. The van der Waals surface area contributed by atoms with Gasteiger partial charge in [-0.15, -0.1) is 0 Å². The Morgan fingerprint density at radius 2 is 2.17 bits per heavy atom. The fourth-order valence-corrected chi connectivity index (χ4v) is 3.64. The van der Waals surface area contributed by atoms with Crippen molar-refractivity contribution in [3.63, 3.8) is 0 Å². The number of nitrogens with two attached hydrogens (primary N) is 1. The summed E-state index contributed by atoms with van der Waals surface area (Å²) in [7, 11) is -1.91. The first-order valence-corrected chi connectivity index (χ1v) is 8.13. The summed E-state index contributed by atoms with van der Waals surface area (Å²) in [4.78, 5) is 0.0308. The Labute approximate surface area is 115 Å². The summed E-state index contributed by atoms with van der Waals surface area (Å²) in [5.41, 5.74) is 5.47. The fourth-order valence-electron chi connectivity index (χ4n) is 1.63. The Hall–Kier alpha value is -0.240. The molecular formula is C11H22N2O3S2. The number of rotatable bonds is 9. The fraction of sp³-hybridized carbons (Fsp3) is 0.909. The minimum absolute atomic E-state index is 0.0308. The van der Waals surface area contributed by atoms with Gasteiger partial charge in [0.15, 0.2) is 0 Å². The maximum Gasteiger partial charge on any atom is 0.223 e. The van der Waals surface area contributed by atoms with Gasteiger partial charge in [0, 0.05) is 20.2 Å². The van der Waals surface area contributed by atoms with Crippen LogP contribution in [0.4, 0.5) is 0 Å². The standard InChI is InChI=1S/C11H22N2O3S2/c1-3-10(11(12)17)18(14,15)13(2)6-7-16-8-9-4-5-9/h9-10H,3-8H2,1-2H3,(H2,12,17). The highest BCUT2D eigenvalue weighted by Gasteiger charge is 2.30. The van der Waals surface area contributed by atoms with E-state index in [-0.39, 0.29) is 4.99 Å². The summed E-state index contributed by atoms with van der Waals surface area (Å²) in [6.45, 7) is 3.26. The van der Waals surface area contributed by atoms with E-state index in [1.54, 1.807) is 6.92 Å². The smallest absolute Gasteiger partial charge is 0.223 e. The summed E-state index contributed by atoms with van der Waals surface area (Å²) in [5, 5.41) is -0.777. The van der Waals surface area contributed by atoms with Crippen LogP contribution in [0.5, 0.6) is 0 Å². The second-order valence-corrected chi connectivity index (χ2v) is 7.38. The first-order chi connectivity index (χ1) is 8.39. The van der Waals surface area contributed by atoms with Crippen LogP contribution in [0.2, 0.25) is 0 Å². The van der Waals surface area contributed by atoms with Gasteiger partial charge in [-0.2, -0.15) is 0 Å². The molecular weight excluding hydrogens is 272 g/mol. The lowest BCUT2D eigenvalue weighted by molar-refractivity contribution is 0.117. The average molecular weight is 294 g/mol. The first kappa shape index (κ1) is 15.8. The normalized spacial score (nSPS) is 17.9. The Morgan fingerprint density at radius 3 is 2.61 bits per heavy atom. The average Bonchev–Trinajstić information content (AvgIpc) is 3.07. The second-order valence-electron chi connectivity index (χ2n) is 4.68. The molecule has 0 aliphatic heterocycles. The largest absolute Gasteiger partial charge is 0.392 e. The van der Waals surface area contributed by atoms with Crippen LogP contribution in [0, 0.1) is 5.92 Å². The molecule has 0 saturated heterocycles. The predicted octanol–water partition coefficient (Wildman–Crippen LogP) is 0.739. The molecule has 1 rings (SSSR count).